The van der Waals surface area contributed by atoms with Crippen molar-refractivity contribution in [1.82, 2.24) is 5.32 Å². The number of sulfonamides is 1. The monoisotopic (exact) mass is 454 g/mol. The Morgan fingerprint density at radius 3 is 2.45 bits per heavy atom. The van der Waals surface area contributed by atoms with Gasteiger partial charge in [-0.1, -0.05) is 31.2 Å². The van der Waals surface area contributed by atoms with Crippen LogP contribution in [0.25, 0.3) is 0 Å². The Morgan fingerprint density at radius 1 is 1.03 bits per heavy atom. The molecule has 0 bridgehead atoms. The van der Waals surface area contributed by atoms with Crippen LogP contribution in [-0.2, 0) is 22.9 Å². The number of anilines is 1. The van der Waals surface area contributed by atoms with Crippen molar-refractivity contribution in [3.05, 3.63) is 82.2 Å². The van der Waals surface area contributed by atoms with E-state index < -0.39 is 10.0 Å². The molecule has 0 saturated carbocycles. The molecule has 0 fully saturated rings. The van der Waals surface area contributed by atoms with E-state index in [4.69, 9.17) is 0 Å². The van der Waals surface area contributed by atoms with E-state index in [1.807, 2.05) is 0 Å². The number of carbonyl (C=O) groups excluding carboxylic acids is 1. The molecule has 4 rings (SSSR count). The van der Waals surface area contributed by atoms with Crippen LogP contribution in [0.4, 0.5) is 5.69 Å². The van der Waals surface area contributed by atoms with Gasteiger partial charge in [0, 0.05) is 11.3 Å². The summed E-state index contributed by atoms with van der Waals surface area (Å²) >= 11 is 1.16. The first-order valence-corrected chi connectivity index (χ1v) is 12.9. The molecule has 3 aromatic rings. The summed E-state index contributed by atoms with van der Waals surface area (Å²) in [6.45, 7) is 2.06. The highest BCUT2D eigenvalue weighted by Gasteiger charge is 2.18. The summed E-state index contributed by atoms with van der Waals surface area (Å²) in [5.74, 6) is -0.169. The SMILES string of the molecule is CC[C@@H](NC(=O)c1ccc(NS(=O)(=O)c2cccs2)cc1)c1ccc2c(c1)CCCC2. The number of amides is 1. The standard InChI is InChI=1S/C24H26N2O3S2/c1-2-22(20-10-9-17-6-3-4-7-19(17)16-20)25-24(27)18-11-13-21(14-12-18)26-31(28,29)23-8-5-15-30-23/h5,8-16,22,26H,2-4,6-7H2,1H3,(H,25,27)/t22-/m1/s1. The van der Waals surface area contributed by atoms with Gasteiger partial charge in [-0.25, -0.2) is 8.42 Å². The number of hydrogen-bond acceptors (Lipinski definition) is 4. The largest absolute Gasteiger partial charge is 0.345 e. The number of rotatable bonds is 7. The third-order valence-electron chi connectivity index (χ3n) is 5.65. The van der Waals surface area contributed by atoms with Crippen molar-refractivity contribution >= 4 is 33.0 Å². The van der Waals surface area contributed by atoms with E-state index in [0.717, 1.165) is 36.2 Å². The van der Waals surface area contributed by atoms with Gasteiger partial charge in [0.25, 0.3) is 15.9 Å². The lowest BCUT2D eigenvalue weighted by Crippen LogP contribution is -2.28. The minimum absolute atomic E-state index is 0.0586. The van der Waals surface area contributed by atoms with Gasteiger partial charge in [0.2, 0.25) is 0 Å². The average molecular weight is 455 g/mol. The van der Waals surface area contributed by atoms with Crippen LogP contribution in [-0.4, -0.2) is 14.3 Å². The Morgan fingerprint density at radius 2 is 1.77 bits per heavy atom. The van der Waals surface area contributed by atoms with Crippen LogP contribution < -0.4 is 10.0 Å². The van der Waals surface area contributed by atoms with E-state index in [9.17, 15) is 13.2 Å². The van der Waals surface area contributed by atoms with Gasteiger partial charge in [0.15, 0.2) is 0 Å². The zero-order valence-corrected chi connectivity index (χ0v) is 19.1. The molecule has 1 amide bonds. The second-order valence-electron chi connectivity index (χ2n) is 7.78. The molecule has 0 unspecified atom stereocenters. The highest BCUT2D eigenvalue weighted by atomic mass is 32.2. The summed E-state index contributed by atoms with van der Waals surface area (Å²) in [5.41, 5.74) is 4.88. The molecule has 0 spiro atoms. The van der Waals surface area contributed by atoms with Crippen molar-refractivity contribution in [3.8, 4) is 0 Å². The summed E-state index contributed by atoms with van der Waals surface area (Å²) in [5, 5.41) is 4.84. The van der Waals surface area contributed by atoms with E-state index in [0.29, 0.717) is 11.3 Å². The molecule has 7 heteroatoms. The van der Waals surface area contributed by atoms with Gasteiger partial charge in [0.05, 0.1) is 6.04 Å². The highest BCUT2D eigenvalue weighted by Crippen LogP contribution is 2.26. The topological polar surface area (TPSA) is 75.3 Å². The lowest BCUT2D eigenvalue weighted by Gasteiger charge is -2.22. The molecule has 0 aliphatic heterocycles. The van der Waals surface area contributed by atoms with E-state index in [-0.39, 0.29) is 16.2 Å². The molecule has 2 aromatic carbocycles. The molecule has 162 valence electrons. The van der Waals surface area contributed by atoms with Gasteiger partial charge in [-0.2, -0.15) is 0 Å². The van der Waals surface area contributed by atoms with Crippen LogP contribution in [0.3, 0.4) is 0 Å². The molecule has 1 aliphatic rings. The lowest BCUT2D eigenvalue weighted by molar-refractivity contribution is 0.0935. The van der Waals surface area contributed by atoms with E-state index in [1.54, 1.807) is 41.8 Å². The number of aryl methyl sites for hydroxylation is 2. The Hall–Kier alpha value is -2.64. The van der Waals surface area contributed by atoms with Gasteiger partial charge < -0.3 is 5.32 Å². The smallest absolute Gasteiger partial charge is 0.271 e. The zero-order valence-electron chi connectivity index (χ0n) is 17.4. The molecule has 31 heavy (non-hydrogen) atoms. The molecular weight excluding hydrogens is 428 g/mol. The van der Waals surface area contributed by atoms with Crippen LogP contribution >= 0.6 is 11.3 Å². The normalized spacial score (nSPS) is 14.5. The van der Waals surface area contributed by atoms with Crippen molar-refractivity contribution in [2.45, 2.75) is 49.3 Å². The third kappa shape index (κ3) is 4.99. The Kier molecular flexibility index (Phi) is 6.43. The Bertz CT molecular complexity index is 1150. The fourth-order valence-electron chi connectivity index (χ4n) is 3.94. The van der Waals surface area contributed by atoms with Crippen molar-refractivity contribution in [2.24, 2.45) is 0 Å². The summed E-state index contributed by atoms with van der Waals surface area (Å²) in [4.78, 5) is 12.8. The molecule has 0 saturated heterocycles. The van der Waals surface area contributed by atoms with Crippen LogP contribution in [0.5, 0.6) is 0 Å². The second kappa shape index (κ2) is 9.24. The average Bonchev–Trinajstić information content (AvgIpc) is 3.33. The lowest BCUT2D eigenvalue weighted by atomic mass is 9.88. The number of nitrogens with one attached hydrogen (secondary N) is 2. The number of benzene rings is 2. The van der Waals surface area contributed by atoms with Gasteiger partial charge >= 0.3 is 0 Å². The van der Waals surface area contributed by atoms with Gasteiger partial charge in [0.1, 0.15) is 4.21 Å². The first kappa shape index (κ1) is 21.6. The van der Waals surface area contributed by atoms with Gasteiger partial charge in [-0.05, 0) is 84.5 Å². The van der Waals surface area contributed by atoms with Gasteiger partial charge in [-0.3, -0.25) is 9.52 Å². The van der Waals surface area contributed by atoms with E-state index >= 15 is 0 Å². The Balaban J connectivity index is 1.44. The van der Waals surface area contributed by atoms with Crippen molar-refractivity contribution in [3.63, 3.8) is 0 Å². The van der Waals surface area contributed by atoms with Crippen molar-refractivity contribution in [1.29, 1.82) is 0 Å². The molecule has 1 heterocycles. The maximum atomic E-state index is 12.8. The predicted molar refractivity (Wildman–Crippen MR) is 125 cm³/mol. The number of hydrogen-bond donors (Lipinski definition) is 2. The molecule has 1 aliphatic carbocycles. The first-order valence-electron chi connectivity index (χ1n) is 10.6. The number of thiophene rings is 1. The van der Waals surface area contributed by atoms with Crippen LogP contribution in [0.1, 0.15) is 59.3 Å². The number of fused-ring (bicyclic) bond motifs is 1. The van der Waals surface area contributed by atoms with Crippen LogP contribution in [0.15, 0.2) is 64.2 Å². The van der Waals surface area contributed by atoms with E-state index in [2.05, 4.69) is 35.2 Å². The molecule has 1 aromatic heterocycles. The molecular formula is C24H26N2O3S2. The summed E-state index contributed by atoms with van der Waals surface area (Å²) in [6, 6.07) is 16.3. The molecule has 2 N–H and O–H groups in total. The fraction of sp³-hybridized carbons (Fsp3) is 0.292. The van der Waals surface area contributed by atoms with E-state index in [1.165, 1.54) is 24.0 Å². The molecule has 1 atom stereocenters. The summed E-state index contributed by atoms with van der Waals surface area (Å²) < 4.78 is 27.5. The minimum Gasteiger partial charge on any atom is -0.345 e. The molecule has 0 radical (unpaired) electrons. The van der Waals surface area contributed by atoms with Crippen molar-refractivity contribution < 1.29 is 13.2 Å². The van der Waals surface area contributed by atoms with Crippen molar-refractivity contribution in [2.75, 3.05) is 4.72 Å². The quantitative estimate of drug-likeness (QED) is 0.508. The number of carbonyl (C=O) groups is 1. The summed E-state index contributed by atoms with van der Waals surface area (Å²) in [6.07, 6.45) is 5.52. The second-order valence-corrected chi connectivity index (χ2v) is 10.6. The maximum absolute atomic E-state index is 12.8. The Labute approximate surface area is 187 Å². The molecule has 5 nitrogen and oxygen atoms in total. The highest BCUT2D eigenvalue weighted by molar-refractivity contribution is 7.94. The maximum Gasteiger partial charge on any atom is 0.271 e. The fourth-order valence-corrected chi connectivity index (χ4v) is 6.00. The van der Waals surface area contributed by atoms with Gasteiger partial charge in [-0.15, -0.1) is 11.3 Å². The van der Waals surface area contributed by atoms with Crippen LogP contribution in [0.2, 0.25) is 0 Å². The third-order valence-corrected chi connectivity index (χ3v) is 8.43. The van der Waals surface area contributed by atoms with Crippen LogP contribution in [0, 0.1) is 0 Å². The zero-order chi connectivity index (χ0) is 21.8. The first-order chi connectivity index (χ1) is 15.0. The minimum atomic E-state index is -3.60. The summed E-state index contributed by atoms with van der Waals surface area (Å²) in [7, 11) is -3.60. The predicted octanol–water partition coefficient (Wildman–Crippen LogP) is 5.31.